The number of ether oxygens (including phenoxy) is 2. The predicted octanol–water partition coefficient (Wildman–Crippen LogP) is 1.80. The fraction of sp³-hybridized carbons (Fsp3) is 0.448. The highest BCUT2D eigenvalue weighted by Gasteiger charge is 2.46. The molecule has 8 amide bonds. The minimum atomic E-state index is -2.08. The molecule has 0 radical (unpaired) electrons. The van der Waals surface area contributed by atoms with Crippen LogP contribution in [0.2, 0.25) is 0 Å². The van der Waals surface area contributed by atoms with Crippen LogP contribution in [0.5, 0.6) is 0 Å². The minimum Gasteiger partial charge on any atom is -0.460 e. The monoisotopic (exact) mass is 1130 g/mol. The van der Waals surface area contributed by atoms with Gasteiger partial charge in [-0.15, -0.1) is 0 Å². The highest BCUT2D eigenvalue weighted by atomic mass is 19.1. The number of halogens is 1. The molecule has 24 heteroatoms. The van der Waals surface area contributed by atoms with Gasteiger partial charge in [0.05, 0.1) is 54.7 Å². The zero-order valence-corrected chi connectivity index (χ0v) is 46.2. The van der Waals surface area contributed by atoms with Gasteiger partial charge < -0.3 is 51.0 Å². The Morgan fingerprint density at radius 3 is 2.20 bits per heavy atom. The van der Waals surface area contributed by atoms with Crippen molar-refractivity contribution in [2.45, 2.75) is 141 Å². The van der Waals surface area contributed by atoms with E-state index in [1.807, 2.05) is 0 Å². The van der Waals surface area contributed by atoms with E-state index >= 15 is 4.39 Å². The van der Waals surface area contributed by atoms with E-state index in [2.05, 4.69) is 31.9 Å². The third kappa shape index (κ3) is 13.4. The summed E-state index contributed by atoms with van der Waals surface area (Å²) >= 11 is 0. The highest BCUT2D eigenvalue weighted by molar-refractivity contribution is 6.12. The summed E-state index contributed by atoms with van der Waals surface area (Å²) < 4.78 is 27.5. The first-order chi connectivity index (χ1) is 39.0. The molecule has 82 heavy (non-hydrogen) atoms. The van der Waals surface area contributed by atoms with Crippen molar-refractivity contribution in [2.24, 2.45) is 0 Å². The lowest BCUT2D eigenvalue weighted by Crippen LogP contribution is -2.53. The van der Waals surface area contributed by atoms with E-state index in [4.69, 9.17) is 14.5 Å². The van der Waals surface area contributed by atoms with Crippen molar-refractivity contribution in [1.29, 1.82) is 0 Å². The third-order valence-electron chi connectivity index (χ3n) is 14.8. The Labute approximate surface area is 470 Å². The Balaban J connectivity index is 0.880. The third-order valence-corrected chi connectivity index (χ3v) is 14.8. The Bertz CT molecular complexity index is 3360. The molecule has 8 rings (SSSR count). The quantitative estimate of drug-likeness (QED) is 0.0279. The average molecular weight is 1130 g/mol. The molecule has 7 N–H and O–H groups in total. The van der Waals surface area contributed by atoms with Gasteiger partial charge in [-0.3, -0.25) is 52.8 Å². The fourth-order valence-corrected chi connectivity index (χ4v) is 10.6. The average Bonchev–Trinajstić information content (AvgIpc) is 2.27. The van der Waals surface area contributed by atoms with Crippen LogP contribution in [-0.4, -0.2) is 123 Å². The first-order valence-corrected chi connectivity index (χ1v) is 27.3. The summed E-state index contributed by atoms with van der Waals surface area (Å²) in [7, 11) is 0. The molecule has 0 saturated heterocycles. The number of aryl methyl sites for hydroxylation is 1. The van der Waals surface area contributed by atoms with Gasteiger partial charge in [0, 0.05) is 60.5 Å². The molecule has 5 heterocycles. The number of hydrogen-bond donors (Lipinski definition) is 7. The van der Waals surface area contributed by atoms with E-state index in [1.54, 1.807) is 71.0 Å². The first kappa shape index (κ1) is 59.5. The molecule has 434 valence electrons. The Hall–Kier alpha value is -8.67. The van der Waals surface area contributed by atoms with Crippen molar-refractivity contribution in [3.8, 4) is 11.4 Å². The van der Waals surface area contributed by atoms with Gasteiger partial charge >= 0.3 is 11.9 Å². The predicted molar refractivity (Wildman–Crippen MR) is 291 cm³/mol. The molecular formula is C58H66FN9O14. The lowest BCUT2D eigenvalue weighted by molar-refractivity contribution is -0.172. The molecule has 2 aromatic carbocycles. The summed E-state index contributed by atoms with van der Waals surface area (Å²) in [5.74, 6) is -7.07. The summed E-state index contributed by atoms with van der Waals surface area (Å²) in [5, 5.41) is 27.7. The molecule has 0 fully saturated rings. The number of nitrogens with zero attached hydrogens (tertiary/aromatic N) is 3. The van der Waals surface area contributed by atoms with E-state index in [0.29, 0.717) is 76.7 Å². The second-order valence-corrected chi connectivity index (χ2v) is 21.7. The number of aromatic nitrogens is 2. The molecule has 4 atom stereocenters. The topological polar surface area (TPSA) is 320 Å². The molecule has 0 unspecified atom stereocenters. The number of esters is 2. The van der Waals surface area contributed by atoms with E-state index in [-0.39, 0.29) is 68.4 Å². The van der Waals surface area contributed by atoms with Gasteiger partial charge in [-0.2, -0.15) is 0 Å². The van der Waals surface area contributed by atoms with Crippen LogP contribution in [0.3, 0.4) is 0 Å². The molecular weight excluding hydrogens is 1070 g/mol. The number of carbonyl (C=O) groups excluding carboxylic acids is 10. The van der Waals surface area contributed by atoms with Gasteiger partial charge in [0.2, 0.25) is 35.4 Å². The maximum Gasteiger partial charge on any atom is 0.343 e. The number of cyclic esters (lactones) is 1. The van der Waals surface area contributed by atoms with Gasteiger partial charge in [-0.25, -0.2) is 14.2 Å². The van der Waals surface area contributed by atoms with Gasteiger partial charge in [-0.1, -0.05) is 43.7 Å². The number of hydrogen-bond acceptors (Lipinski definition) is 15. The number of unbranched alkanes of at least 4 members (excludes halogenated alkanes) is 2. The molecule has 3 aliphatic heterocycles. The number of imide groups is 1. The zero-order chi connectivity index (χ0) is 59.2. The van der Waals surface area contributed by atoms with E-state index < -0.39 is 120 Å². The van der Waals surface area contributed by atoms with E-state index in [9.17, 15) is 57.8 Å². The van der Waals surface area contributed by atoms with E-state index in [0.717, 1.165) is 4.90 Å². The van der Waals surface area contributed by atoms with Crippen LogP contribution in [0.15, 0.2) is 59.4 Å². The summed E-state index contributed by atoms with van der Waals surface area (Å²) in [6.07, 6.45) is 3.82. The second kappa shape index (κ2) is 25.0. The highest BCUT2D eigenvalue weighted by Crippen LogP contribution is 2.46. The van der Waals surface area contributed by atoms with Crippen molar-refractivity contribution in [2.75, 3.05) is 26.2 Å². The molecule has 0 spiro atoms. The zero-order valence-electron chi connectivity index (χ0n) is 46.2. The van der Waals surface area contributed by atoms with Crippen LogP contribution >= 0.6 is 0 Å². The molecule has 4 aliphatic rings. The van der Waals surface area contributed by atoms with Crippen LogP contribution in [0, 0.1) is 12.7 Å². The normalized spacial score (nSPS) is 17.4. The van der Waals surface area contributed by atoms with Gasteiger partial charge in [0.15, 0.2) is 5.60 Å². The summed E-state index contributed by atoms with van der Waals surface area (Å²) in [5.41, 5.74) is 0.668. The number of rotatable bonds is 23. The Kier molecular flexibility index (Phi) is 18.1. The molecule has 1 aliphatic carbocycles. The minimum absolute atomic E-state index is 0.0124. The summed E-state index contributed by atoms with van der Waals surface area (Å²) in [4.78, 5) is 150. The second-order valence-electron chi connectivity index (χ2n) is 21.7. The molecule has 2 aromatic heterocycles. The number of nitrogens with one attached hydrogen (secondary N) is 6. The Morgan fingerprint density at radius 2 is 1.50 bits per heavy atom. The van der Waals surface area contributed by atoms with Crippen LogP contribution < -0.4 is 37.5 Å². The lowest BCUT2D eigenvalue weighted by atomic mass is 9.81. The number of carbonyl (C=O) groups is 10. The Morgan fingerprint density at radius 1 is 0.829 bits per heavy atom. The standard InChI is InChI=1S/C58H66FN9O14/c1-6-58(80)36-24-42-52-34(29-68(42)55(78)35(36)30-81-56(58)79)51-38(17-16-33-31(2)37(59)25-40(66-52)50(33)51)63-46(72)28-62-54(77)41(23-32-13-9-7-10-14-32)65-45(71)27-60-44(70)26-61-53(76)39(18-21-49(75)82-57(3,4)5)64-43(69)15-11-8-12-22-67-47(73)19-20-48(67)74/h7,9-10,13-14,19-20,24-25,38-39,41,80H,6,8,11-12,15-18,21-23,26-30H2,1-5H3,(H,60,70)(H,61,76)(H,62,77)(H,63,72)(H,64,69)(H,65,71)/t38-,39-,41-,58-/m0/s1. The van der Waals surface area contributed by atoms with Crippen LogP contribution in [-0.2, 0) is 89.0 Å². The lowest BCUT2D eigenvalue weighted by Gasteiger charge is -2.31. The number of pyridine rings is 2. The first-order valence-electron chi connectivity index (χ1n) is 27.3. The summed E-state index contributed by atoms with van der Waals surface area (Å²) in [6, 6.07) is 8.34. The molecule has 4 aromatic rings. The van der Waals surface area contributed by atoms with Crippen LogP contribution in [0.4, 0.5) is 4.39 Å². The number of benzene rings is 2. The van der Waals surface area contributed by atoms with Crippen molar-refractivity contribution in [3.05, 3.63) is 110 Å². The fourth-order valence-electron chi connectivity index (χ4n) is 10.6. The van der Waals surface area contributed by atoms with Gasteiger partial charge in [0.1, 0.15) is 30.1 Å². The van der Waals surface area contributed by atoms with Gasteiger partial charge in [0.25, 0.3) is 17.4 Å². The van der Waals surface area contributed by atoms with Crippen molar-refractivity contribution in [3.63, 3.8) is 0 Å². The molecule has 23 nitrogen and oxygen atoms in total. The molecule has 0 bridgehead atoms. The van der Waals surface area contributed by atoms with Crippen LogP contribution in [0.1, 0.15) is 124 Å². The maximum atomic E-state index is 15.5. The smallest absolute Gasteiger partial charge is 0.343 e. The van der Waals surface area contributed by atoms with Gasteiger partial charge in [-0.05, 0) is 94.5 Å². The van der Waals surface area contributed by atoms with Crippen molar-refractivity contribution >= 4 is 70.1 Å². The largest absolute Gasteiger partial charge is 0.460 e. The van der Waals surface area contributed by atoms with Crippen molar-refractivity contribution in [1.82, 2.24) is 46.4 Å². The van der Waals surface area contributed by atoms with Crippen LogP contribution in [0.25, 0.3) is 22.3 Å². The maximum absolute atomic E-state index is 15.5. The molecule has 0 saturated carbocycles. The van der Waals surface area contributed by atoms with E-state index in [1.165, 1.54) is 22.8 Å². The SMILES string of the molecule is CC[C@@]1(O)C(=O)OCc2c1cc1n(c2=O)Cc2c-1nc1cc(F)c(C)c3c1c2[C@@H](NC(=O)CNC(=O)[C@H](Cc1ccccc1)NC(=O)CNC(=O)CNC(=O)[C@H](CCC(=O)OC(C)(C)C)NC(=O)CCCCCN1C(=O)C=CC1=O)CC3. The number of fused-ring (bicyclic) bond motifs is 5. The van der Waals surface area contributed by atoms with Crippen molar-refractivity contribution < 1.29 is 66.9 Å². The number of amides is 8. The summed E-state index contributed by atoms with van der Waals surface area (Å²) in [6.45, 7) is 6.31. The number of aliphatic hydroxyl groups is 1.